The minimum atomic E-state index is -0.525. The van der Waals surface area contributed by atoms with Gasteiger partial charge in [-0.15, -0.1) is 0 Å². The first-order chi connectivity index (χ1) is 10.1. The summed E-state index contributed by atoms with van der Waals surface area (Å²) >= 11 is 0. The number of methoxy groups -OCH3 is 1. The van der Waals surface area contributed by atoms with Crippen molar-refractivity contribution >= 4 is 11.5 Å². The standard InChI is InChI=1S/C13H14N4O4/c1-20-12-6-5-10(7-11(12)17(18)19)21-8-9-3-2-4-13(15-9)16-14/h2-7H,8,14H2,1H3,(H,15,16). The van der Waals surface area contributed by atoms with Gasteiger partial charge in [-0.3, -0.25) is 10.1 Å². The topological polar surface area (TPSA) is 113 Å². The molecule has 21 heavy (non-hydrogen) atoms. The number of nitrogens with two attached hydrogens (primary N) is 1. The molecule has 0 unspecified atom stereocenters. The van der Waals surface area contributed by atoms with E-state index in [4.69, 9.17) is 15.3 Å². The van der Waals surface area contributed by atoms with Gasteiger partial charge >= 0.3 is 5.69 Å². The van der Waals surface area contributed by atoms with Gasteiger partial charge in [0.05, 0.1) is 23.8 Å². The third-order valence-corrected chi connectivity index (χ3v) is 2.69. The van der Waals surface area contributed by atoms with E-state index >= 15 is 0 Å². The van der Waals surface area contributed by atoms with Gasteiger partial charge in [-0.1, -0.05) is 6.07 Å². The van der Waals surface area contributed by atoms with Crippen molar-refractivity contribution < 1.29 is 14.4 Å². The average molecular weight is 290 g/mol. The van der Waals surface area contributed by atoms with Crippen LogP contribution in [0.3, 0.4) is 0 Å². The summed E-state index contributed by atoms with van der Waals surface area (Å²) in [5.74, 6) is 6.32. The van der Waals surface area contributed by atoms with Gasteiger partial charge < -0.3 is 14.9 Å². The van der Waals surface area contributed by atoms with Gasteiger partial charge in [-0.2, -0.15) is 0 Å². The van der Waals surface area contributed by atoms with E-state index in [0.717, 1.165) is 0 Å². The summed E-state index contributed by atoms with van der Waals surface area (Å²) in [6.45, 7) is 0.166. The maximum absolute atomic E-state index is 10.9. The molecule has 1 heterocycles. The number of anilines is 1. The molecule has 8 heteroatoms. The zero-order valence-electron chi connectivity index (χ0n) is 11.3. The van der Waals surface area contributed by atoms with Crippen LogP contribution in [-0.4, -0.2) is 17.0 Å². The number of nitrogens with one attached hydrogen (secondary N) is 1. The molecule has 2 aromatic rings. The molecule has 1 aromatic carbocycles. The lowest BCUT2D eigenvalue weighted by Crippen LogP contribution is -2.09. The second-order valence-corrected chi connectivity index (χ2v) is 4.04. The molecule has 0 amide bonds. The molecule has 110 valence electrons. The van der Waals surface area contributed by atoms with E-state index in [9.17, 15) is 10.1 Å². The van der Waals surface area contributed by atoms with E-state index in [0.29, 0.717) is 17.3 Å². The fraction of sp³-hybridized carbons (Fsp3) is 0.154. The summed E-state index contributed by atoms with van der Waals surface area (Å²) in [6, 6.07) is 9.64. The Balaban J connectivity index is 2.12. The third kappa shape index (κ3) is 3.57. The zero-order valence-corrected chi connectivity index (χ0v) is 11.3. The number of pyridine rings is 1. The van der Waals surface area contributed by atoms with Crippen LogP contribution in [0.15, 0.2) is 36.4 Å². The lowest BCUT2D eigenvalue weighted by atomic mass is 10.3. The smallest absolute Gasteiger partial charge is 0.314 e. The highest BCUT2D eigenvalue weighted by Crippen LogP contribution is 2.31. The monoisotopic (exact) mass is 290 g/mol. The largest absolute Gasteiger partial charge is 0.490 e. The van der Waals surface area contributed by atoms with Crippen LogP contribution < -0.4 is 20.7 Å². The number of hydrazine groups is 1. The molecule has 0 fully saturated rings. The van der Waals surface area contributed by atoms with Crippen molar-refractivity contribution in [1.29, 1.82) is 0 Å². The number of nitro groups is 1. The molecule has 0 spiro atoms. The molecule has 0 saturated carbocycles. The number of nitro benzene ring substituents is 1. The Kier molecular flexibility index (Phi) is 4.52. The van der Waals surface area contributed by atoms with Crippen molar-refractivity contribution in [3.63, 3.8) is 0 Å². The van der Waals surface area contributed by atoms with Crippen molar-refractivity contribution in [2.45, 2.75) is 6.61 Å². The highest BCUT2D eigenvalue weighted by molar-refractivity contribution is 5.50. The lowest BCUT2D eigenvalue weighted by Gasteiger charge is -2.08. The quantitative estimate of drug-likeness (QED) is 0.474. The number of hydrogen-bond donors (Lipinski definition) is 2. The third-order valence-electron chi connectivity index (χ3n) is 2.69. The molecule has 0 aliphatic heterocycles. The molecular formula is C13H14N4O4. The van der Waals surface area contributed by atoms with E-state index in [1.54, 1.807) is 24.3 Å². The number of nitrogens with zero attached hydrogens (tertiary/aromatic N) is 2. The minimum Gasteiger partial charge on any atom is -0.490 e. The molecule has 0 aliphatic carbocycles. The Morgan fingerprint density at radius 3 is 2.86 bits per heavy atom. The van der Waals surface area contributed by atoms with Crippen molar-refractivity contribution in [2.75, 3.05) is 12.5 Å². The van der Waals surface area contributed by atoms with Crippen LogP contribution in [0, 0.1) is 10.1 Å². The molecule has 8 nitrogen and oxygen atoms in total. The first-order valence-corrected chi connectivity index (χ1v) is 6.02. The van der Waals surface area contributed by atoms with Gasteiger partial charge in [-0.25, -0.2) is 10.8 Å². The molecule has 0 aliphatic rings. The summed E-state index contributed by atoms with van der Waals surface area (Å²) in [6.07, 6.45) is 0. The normalized spacial score (nSPS) is 10.0. The first-order valence-electron chi connectivity index (χ1n) is 6.02. The minimum absolute atomic E-state index is 0.152. The summed E-state index contributed by atoms with van der Waals surface area (Å²) in [5.41, 5.74) is 2.92. The van der Waals surface area contributed by atoms with Crippen molar-refractivity contribution in [3.8, 4) is 11.5 Å². The molecule has 3 N–H and O–H groups in total. The van der Waals surface area contributed by atoms with Crippen molar-refractivity contribution in [3.05, 3.63) is 52.2 Å². The van der Waals surface area contributed by atoms with E-state index in [-0.39, 0.29) is 18.0 Å². The first kappa shape index (κ1) is 14.5. The Morgan fingerprint density at radius 1 is 1.38 bits per heavy atom. The van der Waals surface area contributed by atoms with Gasteiger partial charge in [0.2, 0.25) is 0 Å². The summed E-state index contributed by atoms with van der Waals surface area (Å²) < 4.78 is 10.4. The van der Waals surface area contributed by atoms with Crippen LogP contribution in [0.1, 0.15) is 5.69 Å². The van der Waals surface area contributed by atoms with Crippen LogP contribution >= 0.6 is 0 Å². The Bertz CT molecular complexity index is 648. The zero-order chi connectivity index (χ0) is 15.2. The second kappa shape index (κ2) is 6.53. The Morgan fingerprint density at radius 2 is 2.19 bits per heavy atom. The highest BCUT2D eigenvalue weighted by atomic mass is 16.6. The van der Waals surface area contributed by atoms with Gasteiger partial charge in [0.1, 0.15) is 18.2 Å². The molecule has 0 atom stereocenters. The molecule has 1 aromatic heterocycles. The van der Waals surface area contributed by atoms with Gasteiger partial charge in [-0.05, 0) is 24.3 Å². The van der Waals surface area contributed by atoms with Crippen LogP contribution in [-0.2, 0) is 6.61 Å². The Labute approximate surface area is 120 Å². The summed E-state index contributed by atoms with van der Waals surface area (Å²) in [4.78, 5) is 14.6. The van der Waals surface area contributed by atoms with Gasteiger partial charge in [0.25, 0.3) is 0 Å². The number of ether oxygens (including phenoxy) is 2. The maximum Gasteiger partial charge on any atom is 0.314 e. The Hall–Kier alpha value is -2.87. The van der Waals surface area contributed by atoms with E-state index in [1.165, 1.54) is 19.2 Å². The van der Waals surface area contributed by atoms with E-state index < -0.39 is 4.92 Å². The average Bonchev–Trinajstić information content (AvgIpc) is 2.52. The van der Waals surface area contributed by atoms with Gasteiger partial charge in [0.15, 0.2) is 5.75 Å². The number of benzene rings is 1. The molecule has 0 saturated heterocycles. The summed E-state index contributed by atoms with van der Waals surface area (Å²) in [7, 11) is 1.37. The van der Waals surface area contributed by atoms with E-state index in [2.05, 4.69) is 10.4 Å². The predicted octanol–water partition coefficient (Wildman–Crippen LogP) is 1.86. The number of hydrogen-bond acceptors (Lipinski definition) is 7. The SMILES string of the molecule is COc1ccc(OCc2cccc(NN)n2)cc1[N+](=O)[O-]. The number of aromatic nitrogens is 1. The lowest BCUT2D eigenvalue weighted by molar-refractivity contribution is -0.385. The molecule has 0 radical (unpaired) electrons. The highest BCUT2D eigenvalue weighted by Gasteiger charge is 2.15. The molecule has 2 rings (SSSR count). The predicted molar refractivity (Wildman–Crippen MR) is 76.0 cm³/mol. The van der Waals surface area contributed by atoms with Crippen LogP contribution in [0.25, 0.3) is 0 Å². The number of rotatable bonds is 6. The number of nitrogen functional groups attached to an aromatic ring is 1. The van der Waals surface area contributed by atoms with Crippen molar-refractivity contribution in [1.82, 2.24) is 4.98 Å². The van der Waals surface area contributed by atoms with Crippen LogP contribution in [0.2, 0.25) is 0 Å². The second-order valence-electron chi connectivity index (χ2n) is 4.04. The maximum atomic E-state index is 10.9. The van der Waals surface area contributed by atoms with Gasteiger partial charge in [0, 0.05) is 0 Å². The fourth-order valence-corrected chi connectivity index (χ4v) is 1.70. The van der Waals surface area contributed by atoms with Crippen molar-refractivity contribution in [2.24, 2.45) is 5.84 Å². The fourth-order valence-electron chi connectivity index (χ4n) is 1.70. The molecule has 0 bridgehead atoms. The van der Waals surface area contributed by atoms with Crippen LogP contribution in [0.5, 0.6) is 11.5 Å². The summed E-state index contributed by atoms with van der Waals surface area (Å²) in [5, 5.41) is 10.9. The van der Waals surface area contributed by atoms with Crippen LogP contribution in [0.4, 0.5) is 11.5 Å². The molecular weight excluding hydrogens is 276 g/mol. The van der Waals surface area contributed by atoms with E-state index in [1.807, 2.05) is 0 Å².